The molecule has 2 atom stereocenters. The molecule has 2 amide bonds. The Morgan fingerprint density at radius 3 is 2.78 bits per heavy atom. The van der Waals surface area contributed by atoms with E-state index in [-0.39, 0.29) is 12.1 Å². The number of carbonyl (C=O) groups excluding carboxylic acids is 2. The van der Waals surface area contributed by atoms with E-state index in [0.717, 1.165) is 12.1 Å². The van der Waals surface area contributed by atoms with Crippen LogP contribution in [0.5, 0.6) is 0 Å². The average Bonchev–Trinajstić information content (AvgIpc) is 3.13. The molecule has 0 aliphatic carbocycles. The van der Waals surface area contributed by atoms with Crippen LogP contribution in [0.1, 0.15) is 29.9 Å². The van der Waals surface area contributed by atoms with Crippen molar-refractivity contribution >= 4 is 12.0 Å². The van der Waals surface area contributed by atoms with E-state index in [1.807, 2.05) is 0 Å². The predicted octanol–water partition coefficient (Wildman–Crippen LogP) is 2.05. The van der Waals surface area contributed by atoms with E-state index in [4.69, 9.17) is 0 Å². The van der Waals surface area contributed by atoms with Gasteiger partial charge in [0, 0.05) is 24.2 Å². The minimum atomic E-state index is -1.63. The number of hydrogen-bond acceptors (Lipinski definition) is 4. The second kappa shape index (κ2) is 7.29. The van der Waals surface area contributed by atoms with Gasteiger partial charge in [0.1, 0.15) is 12.1 Å². The molecule has 0 unspecified atom stereocenters. The van der Waals surface area contributed by atoms with E-state index < -0.39 is 41.5 Å². The normalized spacial score (nSPS) is 17.2. The number of methoxy groups -OCH3 is 1. The summed E-state index contributed by atoms with van der Waals surface area (Å²) in [7, 11) is 1.18. The molecule has 1 aliphatic heterocycles. The summed E-state index contributed by atoms with van der Waals surface area (Å²) in [4.78, 5) is 32.5. The number of hydrogen-bond donors (Lipinski definition) is 2. The minimum Gasteiger partial charge on any atom is -0.467 e. The summed E-state index contributed by atoms with van der Waals surface area (Å²) in [5.74, 6) is -5.01. The SMILES string of the molecule is COC(=O)[C@H](C)NC(=O)N1CCc2[nH]cnc2[C@H]1c1ccc(F)c(F)c1F. The maximum atomic E-state index is 14.4. The maximum absolute atomic E-state index is 14.4. The highest BCUT2D eigenvalue weighted by Gasteiger charge is 2.37. The summed E-state index contributed by atoms with van der Waals surface area (Å²) in [6.45, 7) is 1.58. The quantitative estimate of drug-likeness (QED) is 0.628. The Bertz CT molecular complexity index is 886. The van der Waals surface area contributed by atoms with Crippen LogP contribution < -0.4 is 5.32 Å². The summed E-state index contributed by atoms with van der Waals surface area (Å²) >= 11 is 0. The van der Waals surface area contributed by atoms with Crippen LogP contribution >= 0.6 is 0 Å². The lowest BCUT2D eigenvalue weighted by Gasteiger charge is -2.35. The molecule has 0 saturated carbocycles. The second-order valence-electron chi connectivity index (χ2n) is 6.07. The van der Waals surface area contributed by atoms with E-state index >= 15 is 0 Å². The summed E-state index contributed by atoms with van der Waals surface area (Å²) in [5, 5.41) is 2.45. The first kappa shape index (κ1) is 18.7. The number of benzene rings is 1. The van der Waals surface area contributed by atoms with E-state index in [1.165, 1.54) is 25.3 Å². The van der Waals surface area contributed by atoms with Crippen molar-refractivity contribution in [1.29, 1.82) is 0 Å². The molecule has 0 spiro atoms. The van der Waals surface area contributed by atoms with Crippen molar-refractivity contribution in [2.75, 3.05) is 13.7 Å². The third-order valence-corrected chi connectivity index (χ3v) is 4.44. The molecule has 0 radical (unpaired) electrons. The number of nitrogens with one attached hydrogen (secondary N) is 2. The predicted molar refractivity (Wildman–Crippen MR) is 87.2 cm³/mol. The molecule has 10 heteroatoms. The lowest BCUT2D eigenvalue weighted by molar-refractivity contribution is -0.142. The fourth-order valence-electron chi connectivity index (χ4n) is 3.07. The Labute approximate surface area is 152 Å². The van der Waals surface area contributed by atoms with Crippen LogP contribution in [0.15, 0.2) is 18.5 Å². The summed E-state index contributed by atoms with van der Waals surface area (Å²) < 4.78 is 46.1. The number of H-pyrrole nitrogens is 1. The molecule has 2 aromatic rings. The van der Waals surface area contributed by atoms with Crippen LogP contribution in [0.3, 0.4) is 0 Å². The van der Waals surface area contributed by atoms with E-state index in [0.29, 0.717) is 17.8 Å². The fraction of sp³-hybridized carbons (Fsp3) is 0.353. The summed E-state index contributed by atoms with van der Waals surface area (Å²) in [6, 6.07) is -0.845. The van der Waals surface area contributed by atoms with Gasteiger partial charge in [0.25, 0.3) is 0 Å². The number of rotatable bonds is 3. The zero-order chi connectivity index (χ0) is 19.7. The van der Waals surface area contributed by atoms with Crippen molar-refractivity contribution in [3.63, 3.8) is 0 Å². The molecule has 0 saturated heterocycles. The standard InChI is InChI=1S/C17H17F3N4O3/c1-8(16(25)27-2)23-17(26)24-6-5-11-14(22-7-21-11)15(24)9-3-4-10(18)13(20)12(9)19/h3-4,7-8,15H,5-6H2,1-2H3,(H,21,22)(H,23,26)/t8-,15+/m0/s1. The molecule has 1 aromatic carbocycles. The van der Waals surface area contributed by atoms with Gasteiger partial charge in [-0.25, -0.2) is 27.7 Å². The molecule has 27 heavy (non-hydrogen) atoms. The van der Waals surface area contributed by atoms with Gasteiger partial charge >= 0.3 is 12.0 Å². The van der Waals surface area contributed by atoms with Crippen LogP contribution in [0.4, 0.5) is 18.0 Å². The van der Waals surface area contributed by atoms with Crippen LogP contribution in [-0.2, 0) is 16.0 Å². The Kier molecular flexibility index (Phi) is 5.06. The highest BCUT2D eigenvalue weighted by Crippen LogP contribution is 2.35. The van der Waals surface area contributed by atoms with Crippen LogP contribution in [0.25, 0.3) is 0 Å². The zero-order valence-electron chi connectivity index (χ0n) is 14.6. The van der Waals surface area contributed by atoms with Gasteiger partial charge in [0.05, 0.1) is 19.1 Å². The molecule has 1 aliphatic rings. The lowest BCUT2D eigenvalue weighted by Crippen LogP contribution is -2.50. The molecule has 1 aromatic heterocycles. The van der Waals surface area contributed by atoms with Crippen molar-refractivity contribution in [3.8, 4) is 0 Å². The van der Waals surface area contributed by atoms with Crippen LogP contribution in [0.2, 0.25) is 0 Å². The van der Waals surface area contributed by atoms with Gasteiger partial charge in [0.15, 0.2) is 17.5 Å². The van der Waals surface area contributed by atoms with Crippen LogP contribution in [-0.4, -0.2) is 46.6 Å². The fourth-order valence-corrected chi connectivity index (χ4v) is 3.07. The topological polar surface area (TPSA) is 87.3 Å². The molecule has 7 nitrogen and oxygen atoms in total. The third kappa shape index (κ3) is 3.34. The van der Waals surface area contributed by atoms with Gasteiger partial charge in [-0.15, -0.1) is 0 Å². The van der Waals surface area contributed by atoms with Crippen molar-refractivity contribution in [3.05, 3.63) is 52.9 Å². The van der Waals surface area contributed by atoms with E-state index in [2.05, 4.69) is 20.0 Å². The number of urea groups is 1. The van der Waals surface area contributed by atoms with E-state index in [9.17, 15) is 22.8 Å². The molecule has 3 rings (SSSR count). The highest BCUT2D eigenvalue weighted by atomic mass is 19.2. The van der Waals surface area contributed by atoms with Crippen molar-refractivity contribution in [1.82, 2.24) is 20.2 Å². The molecule has 144 valence electrons. The van der Waals surface area contributed by atoms with Crippen molar-refractivity contribution < 1.29 is 27.5 Å². The van der Waals surface area contributed by atoms with Crippen molar-refractivity contribution in [2.45, 2.75) is 25.4 Å². The summed E-state index contributed by atoms with van der Waals surface area (Å²) in [5.41, 5.74) is 0.754. The van der Waals surface area contributed by atoms with Gasteiger partial charge in [-0.1, -0.05) is 6.07 Å². The average molecular weight is 382 g/mol. The Morgan fingerprint density at radius 1 is 1.33 bits per heavy atom. The zero-order valence-corrected chi connectivity index (χ0v) is 14.6. The molecule has 0 bridgehead atoms. The largest absolute Gasteiger partial charge is 0.467 e. The Morgan fingerprint density at radius 2 is 2.07 bits per heavy atom. The number of nitrogens with zero attached hydrogens (tertiary/aromatic N) is 2. The first-order valence-electron chi connectivity index (χ1n) is 8.15. The molecule has 2 N–H and O–H groups in total. The highest BCUT2D eigenvalue weighted by molar-refractivity contribution is 5.83. The maximum Gasteiger partial charge on any atom is 0.328 e. The first-order valence-corrected chi connectivity index (χ1v) is 8.15. The molecular weight excluding hydrogens is 365 g/mol. The van der Waals surface area contributed by atoms with Gasteiger partial charge in [-0.05, 0) is 13.0 Å². The smallest absolute Gasteiger partial charge is 0.328 e. The second-order valence-corrected chi connectivity index (χ2v) is 6.07. The van der Waals surface area contributed by atoms with Gasteiger partial charge in [0.2, 0.25) is 0 Å². The first-order chi connectivity index (χ1) is 12.8. The number of aromatic nitrogens is 2. The number of fused-ring (bicyclic) bond motifs is 1. The molecule has 0 fully saturated rings. The monoisotopic (exact) mass is 382 g/mol. The van der Waals surface area contributed by atoms with Crippen LogP contribution in [0, 0.1) is 17.5 Å². The number of imidazole rings is 1. The number of aromatic amines is 1. The number of amides is 2. The number of halogens is 3. The lowest BCUT2D eigenvalue weighted by atomic mass is 9.95. The third-order valence-electron chi connectivity index (χ3n) is 4.44. The van der Waals surface area contributed by atoms with Gasteiger partial charge in [-0.2, -0.15) is 0 Å². The number of carbonyl (C=O) groups is 2. The Hall–Kier alpha value is -3.04. The molecule has 2 heterocycles. The summed E-state index contributed by atoms with van der Waals surface area (Å²) in [6.07, 6.45) is 1.78. The number of ether oxygens (including phenoxy) is 1. The van der Waals surface area contributed by atoms with Gasteiger partial charge < -0.3 is 19.9 Å². The number of esters is 1. The van der Waals surface area contributed by atoms with Gasteiger partial charge in [-0.3, -0.25) is 0 Å². The van der Waals surface area contributed by atoms with E-state index in [1.54, 1.807) is 0 Å². The minimum absolute atomic E-state index is 0.151. The molecular formula is C17H17F3N4O3. The Balaban J connectivity index is 2.00. The van der Waals surface area contributed by atoms with Crippen molar-refractivity contribution in [2.24, 2.45) is 0 Å².